The minimum Gasteiger partial charge on any atom is -0.392 e. The van der Waals surface area contributed by atoms with Gasteiger partial charge in [-0.1, -0.05) is 12.8 Å². The van der Waals surface area contributed by atoms with Crippen LogP contribution in [0.1, 0.15) is 32.1 Å². The molecule has 1 aliphatic carbocycles. The summed E-state index contributed by atoms with van der Waals surface area (Å²) >= 11 is 0. The molecule has 1 aliphatic heterocycles. The van der Waals surface area contributed by atoms with Crippen molar-refractivity contribution in [3.63, 3.8) is 0 Å². The maximum atomic E-state index is 11.3. The van der Waals surface area contributed by atoms with E-state index in [1.807, 2.05) is 0 Å². The van der Waals surface area contributed by atoms with Crippen LogP contribution in [0.4, 0.5) is 0 Å². The first-order chi connectivity index (χ1) is 6.29. The van der Waals surface area contributed by atoms with Crippen molar-refractivity contribution in [2.24, 2.45) is 11.8 Å². The highest BCUT2D eigenvalue weighted by Gasteiger charge is 2.36. The molecule has 2 unspecified atom stereocenters. The van der Waals surface area contributed by atoms with Gasteiger partial charge in [-0.25, -0.2) is 0 Å². The van der Waals surface area contributed by atoms with Crippen LogP contribution in [-0.4, -0.2) is 23.7 Å². The molecule has 1 heterocycles. The van der Waals surface area contributed by atoms with Crippen molar-refractivity contribution in [3.8, 4) is 0 Å². The quantitative estimate of drug-likeness (QED) is 0.661. The lowest BCUT2D eigenvalue weighted by Crippen LogP contribution is -2.33. The molecule has 2 N–H and O–H groups in total. The van der Waals surface area contributed by atoms with Gasteiger partial charge in [-0.3, -0.25) is 4.79 Å². The van der Waals surface area contributed by atoms with Crippen molar-refractivity contribution >= 4 is 5.91 Å². The molecule has 0 aromatic heterocycles. The predicted octanol–water partition coefficient (Wildman–Crippen LogP) is 0.674. The van der Waals surface area contributed by atoms with Gasteiger partial charge in [-0.15, -0.1) is 0 Å². The molecular formula is C10H17NO2. The molecule has 74 valence electrons. The van der Waals surface area contributed by atoms with Crippen molar-refractivity contribution in [2.75, 3.05) is 6.54 Å². The molecule has 3 heteroatoms. The molecular weight excluding hydrogens is 166 g/mol. The fraction of sp³-hybridized carbons (Fsp3) is 0.900. The lowest BCUT2D eigenvalue weighted by atomic mass is 9.89. The molecule has 0 bridgehead atoms. The number of rotatable bonds is 2. The second-order valence-electron chi connectivity index (χ2n) is 4.22. The number of carbonyl (C=O) groups is 1. The zero-order chi connectivity index (χ0) is 9.26. The van der Waals surface area contributed by atoms with Crippen molar-refractivity contribution in [2.45, 2.75) is 38.2 Å². The van der Waals surface area contributed by atoms with Gasteiger partial charge in [0.05, 0.1) is 12.0 Å². The highest BCUT2D eigenvalue weighted by Crippen LogP contribution is 2.32. The molecule has 1 amide bonds. The molecule has 2 fully saturated rings. The van der Waals surface area contributed by atoms with E-state index in [2.05, 4.69) is 5.32 Å². The van der Waals surface area contributed by atoms with Crippen molar-refractivity contribution in [3.05, 3.63) is 0 Å². The topological polar surface area (TPSA) is 49.3 Å². The molecule has 13 heavy (non-hydrogen) atoms. The first-order valence-corrected chi connectivity index (χ1v) is 5.25. The molecule has 2 aliphatic rings. The van der Waals surface area contributed by atoms with E-state index in [0.717, 1.165) is 25.8 Å². The zero-order valence-corrected chi connectivity index (χ0v) is 7.83. The van der Waals surface area contributed by atoms with Gasteiger partial charge >= 0.3 is 0 Å². The van der Waals surface area contributed by atoms with Gasteiger partial charge < -0.3 is 10.4 Å². The van der Waals surface area contributed by atoms with Gasteiger partial charge in [0.2, 0.25) is 5.91 Å². The number of nitrogens with one attached hydrogen (secondary N) is 1. The SMILES string of the molecule is O=C1NCCC1C(O)C1CCCC1. The third-order valence-electron chi connectivity index (χ3n) is 3.39. The summed E-state index contributed by atoms with van der Waals surface area (Å²) in [5, 5.41) is 12.7. The van der Waals surface area contributed by atoms with Crippen LogP contribution in [0.3, 0.4) is 0 Å². The van der Waals surface area contributed by atoms with Crippen molar-refractivity contribution in [1.82, 2.24) is 5.32 Å². The van der Waals surface area contributed by atoms with Gasteiger partial charge in [0, 0.05) is 6.54 Å². The maximum absolute atomic E-state index is 11.3. The second-order valence-corrected chi connectivity index (χ2v) is 4.22. The highest BCUT2D eigenvalue weighted by molar-refractivity contribution is 5.81. The van der Waals surface area contributed by atoms with E-state index in [9.17, 15) is 9.90 Å². The first-order valence-electron chi connectivity index (χ1n) is 5.25. The normalized spacial score (nSPS) is 32.1. The molecule has 2 rings (SSSR count). The average molecular weight is 183 g/mol. The van der Waals surface area contributed by atoms with Crippen LogP contribution in [0.15, 0.2) is 0 Å². The van der Waals surface area contributed by atoms with E-state index in [0.29, 0.717) is 5.92 Å². The molecule has 0 aromatic carbocycles. The van der Waals surface area contributed by atoms with Crippen molar-refractivity contribution in [1.29, 1.82) is 0 Å². The lowest BCUT2D eigenvalue weighted by Gasteiger charge is -2.21. The van der Waals surface area contributed by atoms with E-state index in [1.165, 1.54) is 12.8 Å². The molecule has 3 nitrogen and oxygen atoms in total. The molecule has 2 atom stereocenters. The summed E-state index contributed by atoms with van der Waals surface area (Å²) in [5.74, 6) is 0.316. The smallest absolute Gasteiger partial charge is 0.225 e. The minimum absolute atomic E-state index is 0.0550. The first kappa shape index (κ1) is 9.00. The minimum atomic E-state index is -0.384. The van der Waals surface area contributed by atoms with Crippen LogP contribution >= 0.6 is 0 Å². The number of carbonyl (C=O) groups excluding carboxylic acids is 1. The Kier molecular flexibility index (Phi) is 2.54. The van der Waals surface area contributed by atoms with Gasteiger partial charge in [-0.05, 0) is 25.2 Å². The summed E-state index contributed by atoms with van der Waals surface area (Å²) in [6, 6.07) is 0. The number of hydrogen-bond donors (Lipinski definition) is 2. The van der Waals surface area contributed by atoms with Crippen LogP contribution in [0.25, 0.3) is 0 Å². The van der Waals surface area contributed by atoms with Crippen LogP contribution in [0.5, 0.6) is 0 Å². The van der Waals surface area contributed by atoms with E-state index >= 15 is 0 Å². The van der Waals surface area contributed by atoms with Crippen LogP contribution in [-0.2, 0) is 4.79 Å². The van der Waals surface area contributed by atoms with Gasteiger partial charge in [-0.2, -0.15) is 0 Å². The molecule has 0 aromatic rings. The standard InChI is InChI=1S/C10H17NO2/c12-9(7-3-1-2-4-7)8-5-6-11-10(8)13/h7-9,12H,1-6H2,(H,11,13). The molecule has 1 saturated heterocycles. The highest BCUT2D eigenvalue weighted by atomic mass is 16.3. The second kappa shape index (κ2) is 3.66. The number of aliphatic hydroxyl groups is 1. The maximum Gasteiger partial charge on any atom is 0.225 e. The van der Waals surface area contributed by atoms with E-state index in [4.69, 9.17) is 0 Å². The van der Waals surface area contributed by atoms with Gasteiger partial charge in [0.25, 0.3) is 0 Å². The number of hydrogen-bond acceptors (Lipinski definition) is 2. The largest absolute Gasteiger partial charge is 0.392 e. The lowest BCUT2D eigenvalue weighted by molar-refractivity contribution is -0.126. The molecule has 0 spiro atoms. The zero-order valence-electron chi connectivity index (χ0n) is 7.83. The Labute approximate surface area is 78.5 Å². The van der Waals surface area contributed by atoms with E-state index in [-0.39, 0.29) is 17.9 Å². The van der Waals surface area contributed by atoms with Crippen LogP contribution in [0.2, 0.25) is 0 Å². The van der Waals surface area contributed by atoms with Gasteiger partial charge in [0.15, 0.2) is 0 Å². The molecule has 1 saturated carbocycles. The summed E-state index contributed by atoms with van der Waals surface area (Å²) in [7, 11) is 0. The monoisotopic (exact) mass is 183 g/mol. The summed E-state index contributed by atoms with van der Waals surface area (Å²) in [6.07, 6.45) is 5.07. The fourth-order valence-electron chi connectivity index (χ4n) is 2.57. The third kappa shape index (κ3) is 1.70. The summed E-state index contributed by atoms with van der Waals surface area (Å²) in [4.78, 5) is 11.3. The Morgan fingerprint density at radius 3 is 2.54 bits per heavy atom. The van der Waals surface area contributed by atoms with E-state index < -0.39 is 0 Å². The summed E-state index contributed by atoms with van der Waals surface area (Å²) < 4.78 is 0. The van der Waals surface area contributed by atoms with Crippen molar-refractivity contribution < 1.29 is 9.90 Å². The third-order valence-corrected chi connectivity index (χ3v) is 3.39. The number of aliphatic hydroxyl groups excluding tert-OH is 1. The Bertz CT molecular complexity index is 199. The Morgan fingerprint density at radius 2 is 2.00 bits per heavy atom. The Hall–Kier alpha value is -0.570. The fourth-order valence-corrected chi connectivity index (χ4v) is 2.57. The predicted molar refractivity (Wildman–Crippen MR) is 49.1 cm³/mol. The van der Waals surface area contributed by atoms with Gasteiger partial charge in [0.1, 0.15) is 0 Å². The number of amides is 1. The van der Waals surface area contributed by atoms with E-state index in [1.54, 1.807) is 0 Å². The Balaban J connectivity index is 1.94. The average Bonchev–Trinajstić information content (AvgIpc) is 2.72. The summed E-state index contributed by atoms with van der Waals surface area (Å²) in [5.41, 5.74) is 0. The summed E-state index contributed by atoms with van der Waals surface area (Å²) in [6.45, 7) is 0.743. The Morgan fingerprint density at radius 1 is 1.31 bits per heavy atom. The van der Waals surface area contributed by atoms with Crippen LogP contribution in [0, 0.1) is 11.8 Å². The molecule has 0 radical (unpaired) electrons. The van der Waals surface area contributed by atoms with Crippen LogP contribution < -0.4 is 5.32 Å².